The third kappa shape index (κ3) is 5.76. The molecule has 0 bridgehead atoms. The maximum absolute atomic E-state index is 14.4. The summed E-state index contributed by atoms with van der Waals surface area (Å²) >= 11 is 0. The molecule has 1 heterocycles. The third-order valence-electron chi connectivity index (χ3n) is 4.98. The van der Waals surface area contributed by atoms with Crippen LogP contribution in [0.15, 0.2) is 30.3 Å². The summed E-state index contributed by atoms with van der Waals surface area (Å²) < 4.78 is 111. The van der Waals surface area contributed by atoms with E-state index in [0.29, 0.717) is 25.1 Å². The highest BCUT2D eigenvalue weighted by Gasteiger charge is 2.37. The third-order valence-corrected chi connectivity index (χ3v) is 4.98. The van der Waals surface area contributed by atoms with Crippen molar-refractivity contribution in [2.75, 3.05) is 6.54 Å². The molecule has 0 aliphatic carbocycles. The van der Waals surface area contributed by atoms with Crippen LogP contribution in [0.5, 0.6) is 11.5 Å². The van der Waals surface area contributed by atoms with Gasteiger partial charge in [0.2, 0.25) is 0 Å². The molecule has 0 amide bonds. The molecule has 0 saturated carbocycles. The zero-order valence-corrected chi connectivity index (χ0v) is 16.3. The van der Waals surface area contributed by atoms with Crippen molar-refractivity contribution in [3.8, 4) is 11.5 Å². The zero-order chi connectivity index (χ0) is 23.7. The van der Waals surface area contributed by atoms with Crippen molar-refractivity contribution < 1.29 is 44.7 Å². The highest BCUT2D eigenvalue weighted by Crippen LogP contribution is 2.39. The summed E-state index contributed by atoms with van der Waals surface area (Å²) in [5.74, 6) is -4.20. The number of hydrogen-bond acceptors (Lipinski definition) is 3. The summed E-state index contributed by atoms with van der Waals surface area (Å²) in [6.45, 7) is 0.691. The van der Waals surface area contributed by atoms with Crippen LogP contribution in [0.4, 0.5) is 35.1 Å². The number of nitrogens with one attached hydrogen (secondary N) is 1. The topological polar surface area (TPSA) is 38.3 Å². The number of rotatable bonds is 6. The van der Waals surface area contributed by atoms with E-state index in [-0.39, 0.29) is 48.4 Å². The Hall–Kier alpha value is -2.69. The number of hydrogen-bond donors (Lipinski definition) is 1. The molecule has 1 N–H and O–H groups in total. The molecular weight excluding hydrogens is 450 g/mol. The minimum Gasteiger partial charge on any atom is -0.454 e. The lowest BCUT2D eigenvalue weighted by atomic mass is 10.0. The van der Waals surface area contributed by atoms with Gasteiger partial charge < -0.3 is 10.1 Å². The molecule has 11 heteroatoms. The van der Waals surface area contributed by atoms with E-state index in [1.807, 2.05) is 0 Å². The summed E-state index contributed by atoms with van der Waals surface area (Å²) in [4.78, 5) is 12.1. The maximum Gasteiger partial charge on any atom is 0.416 e. The van der Waals surface area contributed by atoms with Crippen LogP contribution in [-0.4, -0.2) is 18.4 Å². The Morgan fingerprint density at radius 2 is 1.56 bits per heavy atom. The molecular formula is C21H17F8NO2. The van der Waals surface area contributed by atoms with Crippen molar-refractivity contribution in [1.29, 1.82) is 0 Å². The van der Waals surface area contributed by atoms with Gasteiger partial charge in [-0.15, -0.1) is 0 Å². The smallest absolute Gasteiger partial charge is 0.416 e. The Kier molecular flexibility index (Phi) is 6.77. The van der Waals surface area contributed by atoms with Gasteiger partial charge >= 0.3 is 12.4 Å². The number of halogens is 8. The van der Waals surface area contributed by atoms with Crippen LogP contribution in [0, 0.1) is 11.6 Å². The highest BCUT2D eigenvalue weighted by molar-refractivity contribution is 5.84. The number of ether oxygens (including phenoxy) is 1. The molecule has 0 unspecified atom stereocenters. The first-order valence-corrected chi connectivity index (χ1v) is 9.56. The first-order valence-electron chi connectivity index (χ1n) is 9.56. The second-order valence-corrected chi connectivity index (χ2v) is 7.33. The van der Waals surface area contributed by atoms with Crippen LogP contribution >= 0.6 is 0 Å². The van der Waals surface area contributed by atoms with Crippen molar-refractivity contribution in [2.45, 2.75) is 44.1 Å². The molecule has 1 saturated heterocycles. The lowest BCUT2D eigenvalue weighted by molar-refractivity contribution is -0.143. The van der Waals surface area contributed by atoms with Crippen molar-refractivity contribution in [3.63, 3.8) is 0 Å². The molecule has 32 heavy (non-hydrogen) atoms. The van der Waals surface area contributed by atoms with Gasteiger partial charge in [0, 0.05) is 12.5 Å². The van der Waals surface area contributed by atoms with E-state index in [0.717, 1.165) is 6.42 Å². The first kappa shape index (κ1) is 24.0. The number of alkyl halides is 6. The second kappa shape index (κ2) is 9.05. The van der Waals surface area contributed by atoms with Gasteiger partial charge in [0.1, 0.15) is 17.3 Å². The highest BCUT2D eigenvalue weighted by atomic mass is 19.4. The molecule has 0 radical (unpaired) electrons. The van der Waals surface area contributed by atoms with E-state index >= 15 is 0 Å². The van der Waals surface area contributed by atoms with E-state index < -0.39 is 46.6 Å². The van der Waals surface area contributed by atoms with E-state index in [9.17, 15) is 39.9 Å². The van der Waals surface area contributed by atoms with Crippen LogP contribution < -0.4 is 10.1 Å². The average molecular weight is 467 g/mol. The van der Waals surface area contributed by atoms with Gasteiger partial charge in [-0.1, -0.05) is 0 Å². The summed E-state index contributed by atoms with van der Waals surface area (Å²) in [5, 5.41) is 2.99. The Morgan fingerprint density at radius 3 is 2.09 bits per heavy atom. The molecule has 0 aromatic heterocycles. The maximum atomic E-state index is 14.4. The van der Waals surface area contributed by atoms with Crippen molar-refractivity contribution in [2.24, 2.45) is 0 Å². The van der Waals surface area contributed by atoms with Gasteiger partial charge in [0.15, 0.2) is 11.6 Å². The number of carbonyl (C=O) groups is 1. The largest absolute Gasteiger partial charge is 0.454 e. The molecule has 1 fully saturated rings. The predicted octanol–water partition coefficient (Wildman–Crippen LogP) is 6.05. The molecule has 174 valence electrons. The van der Waals surface area contributed by atoms with E-state index in [1.165, 1.54) is 0 Å². The fourth-order valence-electron chi connectivity index (χ4n) is 3.34. The predicted molar refractivity (Wildman–Crippen MR) is 97.2 cm³/mol. The van der Waals surface area contributed by atoms with Crippen molar-refractivity contribution in [3.05, 3.63) is 58.7 Å². The summed E-state index contributed by atoms with van der Waals surface area (Å²) in [6.07, 6.45) is -8.93. The summed E-state index contributed by atoms with van der Waals surface area (Å²) in [5.41, 5.74) is -3.47. The summed E-state index contributed by atoms with van der Waals surface area (Å²) in [6, 6.07) is 1.30. The number of ketones is 1. The van der Waals surface area contributed by atoms with Crippen LogP contribution in [0.1, 0.15) is 36.0 Å². The fourth-order valence-corrected chi connectivity index (χ4v) is 3.34. The minimum absolute atomic E-state index is 0.0587. The second-order valence-electron chi connectivity index (χ2n) is 7.33. The van der Waals surface area contributed by atoms with Crippen molar-refractivity contribution >= 4 is 5.78 Å². The molecule has 2 aromatic rings. The zero-order valence-electron chi connectivity index (χ0n) is 16.3. The van der Waals surface area contributed by atoms with Crippen LogP contribution in [0.3, 0.4) is 0 Å². The Labute approximate surface area is 177 Å². The Bertz CT molecular complexity index is 962. The Morgan fingerprint density at radius 1 is 0.938 bits per heavy atom. The van der Waals surface area contributed by atoms with E-state index in [1.54, 1.807) is 0 Å². The normalized spacial score (nSPS) is 16.9. The van der Waals surface area contributed by atoms with Crippen LogP contribution in [-0.2, 0) is 23.6 Å². The lowest BCUT2D eigenvalue weighted by Gasteiger charge is -2.15. The van der Waals surface area contributed by atoms with Gasteiger partial charge in [-0.3, -0.25) is 4.79 Å². The molecule has 0 spiro atoms. The molecule has 1 aliphatic rings. The van der Waals surface area contributed by atoms with Gasteiger partial charge in [-0.25, -0.2) is 8.78 Å². The van der Waals surface area contributed by atoms with Gasteiger partial charge in [0.05, 0.1) is 17.2 Å². The molecule has 3 nitrogen and oxygen atoms in total. The van der Waals surface area contributed by atoms with E-state index in [2.05, 4.69) is 5.32 Å². The number of benzene rings is 2. The number of Topliss-reactive ketones (excluding diaryl/α,β-unsaturated/α-hetero) is 1. The van der Waals surface area contributed by atoms with Gasteiger partial charge in [-0.05, 0) is 55.6 Å². The quantitative estimate of drug-likeness (QED) is 0.526. The van der Waals surface area contributed by atoms with Crippen LogP contribution in [0.2, 0.25) is 0 Å². The first-order chi connectivity index (χ1) is 14.8. The average Bonchev–Trinajstić information content (AvgIpc) is 3.22. The van der Waals surface area contributed by atoms with E-state index in [4.69, 9.17) is 4.74 Å². The molecule has 1 aliphatic heterocycles. The molecule has 2 aromatic carbocycles. The summed E-state index contributed by atoms with van der Waals surface area (Å²) in [7, 11) is 0. The number of aryl methyl sites for hydroxylation is 1. The number of carbonyl (C=O) groups excluding carboxylic acids is 1. The van der Waals surface area contributed by atoms with Gasteiger partial charge in [-0.2, -0.15) is 26.3 Å². The fraction of sp³-hybridized carbons (Fsp3) is 0.381. The monoisotopic (exact) mass is 467 g/mol. The molecule has 3 rings (SSSR count). The lowest BCUT2D eigenvalue weighted by Crippen LogP contribution is -2.30. The minimum atomic E-state index is -5.12. The molecule has 1 atom stereocenters. The van der Waals surface area contributed by atoms with Gasteiger partial charge in [0.25, 0.3) is 0 Å². The van der Waals surface area contributed by atoms with Crippen molar-refractivity contribution in [1.82, 2.24) is 5.32 Å². The standard InChI is InChI=1S/C21H17F8NO2/c22-15-10-19(16(23)6-11(15)3-4-18(31)17-2-1-5-30-17)32-14-8-12(20(24,25)26)7-13(9-14)21(27,28)29/h6-10,17,30H,1-5H2/t17-/m0/s1. The SMILES string of the molecule is O=C(CCc1cc(F)c(Oc2cc(C(F)(F)F)cc(C(F)(F)F)c2)cc1F)[C@@H]1CCCN1. The Balaban J connectivity index is 1.82. The van der Waals surface area contributed by atoms with Crippen LogP contribution in [0.25, 0.3) is 0 Å².